The van der Waals surface area contributed by atoms with E-state index < -0.39 is 0 Å². The summed E-state index contributed by atoms with van der Waals surface area (Å²) in [7, 11) is 0. The standard InChI is InChI=1S/C32H30N8/c1-4-22(17-33-18-23-10-7-6-8-11-23)16-24(5-2)25-14-15-27-30(35-25)31(39-38-27)32-36-26-12-9-13-28(29(26)37-32)40-19-21(3)34-20-40/h4-16,19-20,33H,1,17-18H2,2-3H3,(H,36,37)(H,38,39)/b22-16+,24-5+. The van der Waals surface area contributed by atoms with Crippen LogP contribution in [0.25, 0.3) is 44.8 Å². The molecule has 8 nitrogen and oxygen atoms in total. The Bertz CT molecular complexity index is 1870. The highest BCUT2D eigenvalue weighted by atomic mass is 15.2. The monoisotopic (exact) mass is 526 g/mol. The molecule has 0 saturated carbocycles. The molecule has 0 spiro atoms. The van der Waals surface area contributed by atoms with Gasteiger partial charge in [0.05, 0.1) is 34.4 Å². The summed E-state index contributed by atoms with van der Waals surface area (Å²) >= 11 is 0. The van der Waals surface area contributed by atoms with E-state index >= 15 is 0 Å². The number of rotatable bonds is 9. The summed E-state index contributed by atoms with van der Waals surface area (Å²) < 4.78 is 1.98. The number of H-pyrrole nitrogens is 2. The summed E-state index contributed by atoms with van der Waals surface area (Å²) in [6.07, 6.45) is 9.87. The fourth-order valence-electron chi connectivity index (χ4n) is 4.75. The minimum Gasteiger partial charge on any atom is -0.336 e. The lowest BCUT2D eigenvalue weighted by molar-refractivity contribution is 0.747. The summed E-state index contributed by atoms with van der Waals surface area (Å²) in [5, 5.41) is 11.2. The minimum atomic E-state index is 0.657. The van der Waals surface area contributed by atoms with Crippen LogP contribution in [0.1, 0.15) is 23.9 Å². The van der Waals surface area contributed by atoms with E-state index in [4.69, 9.17) is 9.97 Å². The van der Waals surface area contributed by atoms with Crippen molar-refractivity contribution in [1.82, 2.24) is 40.0 Å². The van der Waals surface area contributed by atoms with E-state index in [1.165, 1.54) is 5.56 Å². The third-order valence-corrected chi connectivity index (χ3v) is 6.82. The number of aryl methyl sites for hydroxylation is 1. The largest absolute Gasteiger partial charge is 0.336 e. The van der Waals surface area contributed by atoms with Crippen molar-refractivity contribution in [2.45, 2.75) is 20.4 Å². The minimum absolute atomic E-state index is 0.657. The molecule has 0 saturated heterocycles. The summed E-state index contributed by atoms with van der Waals surface area (Å²) in [5.74, 6) is 0.657. The summed E-state index contributed by atoms with van der Waals surface area (Å²) in [6, 6.07) is 20.4. The van der Waals surface area contributed by atoms with Crippen LogP contribution in [0.2, 0.25) is 0 Å². The van der Waals surface area contributed by atoms with E-state index in [1.54, 1.807) is 6.33 Å². The third-order valence-electron chi connectivity index (χ3n) is 6.82. The smallest absolute Gasteiger partial charge is 0.161 e. The number of allylic oxidation sites excluding steroid dienone is 3. The molecule has 6 rings (SSSR count). The number of benzene rings is 2. The van der Waals surface area contributed by atoms with Gasteiger partial charge in [0.2, 0.25) is 0 Å². The molecule has 0 aliphatic carbocycles. The van der Waals surface area contributed by atoms with Gasteiger partial charge in [-0.15, -0.1) is 0 Å². The van der Waals surface area contributed by atoms with Crippen molar-refractivity contribution in [3.63, 3.8) is 0 Å². The molecule has 4 aromatic heterocycles. The first-order chi connectivity index (χ1) is 19.6. The lowest BCUT2D eigenvalue weighted by Crippen LogP contribution is -2.16. The van der Waals surface area contributed by atoms with Crippen LogP contribution in [0, 0.1) is 6.92 Å². The highest BCUT2D eigenvalue weighted by molar-refractivity contribution is 5.93. The Hall–Kier alpha value is -5.08. The first-order valence-corrected chi connectivity index (χ1v) is 13.2. The summed E-state index contributed by atoms with van der Waals surface area (Å²) in [6.45, 7) is 9.51. The zero-order valence-corrected chi connectivity index (χ0v) is 22.5. The Morgan fingerprint density at radius 2 is 1.88 bits per heavy atom. The average molecular weight is 527 g/mol. The molecule has 0 fully saturated rings. The fraction of sp³-hybridized carbons (Fsp3) is 0.125. The van der Waals surface area contributed by atoms with Crippen molar-refractivity contribution in [3.05, 3.63) is 121 Å². The van der Waals surface area contributed by atoms with Gasteiger partial charge in [0, 0.05) is 19.3 Å². The Kier molecular flexibility index (Phi) is 6.91. The number of aromatic amines is 2. The molecule has 3 N–H and O–H groups in total. The van der Waals surface area contributed by atoms with E-state index in [1.807, 2.05) is 67.1 Å². The summed E-state index contributed by atoms with van der Waals surface area (Å²) in [4.78, 5) is 17.7. The quantitative estimate of drug-likeness (QED) is 0.192. The number of hydrogen-bond donors (Lipinski definition) is 3. The van der Waals surface area contributed by atoms with Crippen molar-refractivity contribution < 1.29 is 0 Å². The van der Waals surface area contributed by atoms with Gasteiger partial charge in [-0.25, -0.2) is 15.0 Å². The lowest BCUT2D eigenvalue weighted by Gasteiger charge is -2.08. The van der Waals surface area contributed by atoms with Gasteiger partial charge in [-0.05, 0) is 60.9 Å². The second kappa shape index (κ2) is 11.0. The number of imidazole rings is 2. The van der Waals surface area contributed by atoms with Gasteiger partial charge >= 0.3 is 0 Å². The van der Waals surface area contributed by atoms with Crippen molar-refractivity contribution in [1.29, 1.82) is 0 Å². The molecule has 198 valence electrons. The number of hydrogen-bond acceptors (Lipinski definition) is 5. The third kappa shape index (κ3) is 5.00. The van der Waals surface area contributed by atoms with Gasteiger partial charge in [-0.2, -0.15) is 5.10 Å². The average Bonchev–Trinajstić information content (AvgIpc) is 3.72. The Balaban J connectivity index is 1.30. The maximum absolute atomic E-state index is 5.02. The number of aromatic nitrogens is 7. The van der Waals surface area contributed by atoms with Crippen molar-refractivity contribution in [2.24, 2.45) is 0 Å². The second-order valence-corrected chi connectivity index (χ2v) is 9.60. The normalized spacial score (nSPS) is 12.4. The molecule has 0 amide bonds. The molecule has 40 heavy (non-hydrogen) atoms. The Labute approximate surface area is 232 Å². The van der Waals surface area contributed by atoms with Crippen molar-refractivity contribution in [3.8, 4) is 17.2 Å². The molecule has 6 aromatic rings. The Morgan fingerprint density at radius 3 is 2.65 bits per heavy atom. The fourth-order valence-corrected chi connectivity index (χ4v) is 4.75. The zero-order valence-electron chi connectivity index (χ0n) is 22.5. The second-order valence-electron chi connectivity index (χ2n) is 9.60. The predicted octanol–water partition coefficient (Wildman–Crippen LogP) is 6.30. The van der Waals surface area contributed by atoms with Crippen molar-refractivity contribution in [2.75, 3.05) is 6.54 Å². The highest BCUT2D eigenvalue weighted by Crippen LogP contribution is 2.29. The van der Waals surface area contributed by atoms with Gasteiger partial charge in [0.1, 0.15) is 11.0 Å². The van der Waals surface area contributed by atoms with Gasteiger partial charge in [0.15, 0.2) is 11.5 Å². The SMILES string of the molecule is C=C/C(=C\C(=C/C)c1ccc2[nH]nc(-c3nc4c(-n5cnc(C)c5)cccc4[nH]3)c2n1)CNCc1ccccc1. The molecular formula is C32H30N8. The molecule has 0 radical (unpaired) electrons. The zero-order chi connectivity index (χ0) is 27.5. The number of fused-ring (bicyclic) bond motifs is 2. The van der Waals surface area contributed by atoms with Gasteiger partial charge in [-0.3, -0.25) is 5.10 Å². The number of pyridine rings is 1. The van der Waals surface area contributed by atoms with E-state index in [2.05, 4.69) is 68.5 Å². The molecule has 2 aromatic carbocycles. The van der Waals surface area contributed by atoms with Crippen LogP contribution in [0.4, 0.5) is 0 Å². The van der Waals surface area contributed by atoms with Crippen LogP contribution in [-0.2, 0) is 6.54 Å². The van der Waals surface area contributed by atoms with Crippen LogP contribution >= 0.6 is 0 Å². The van der Waals surface area contributed by atoms with E-state index in [9.17, 15) is 0 Å². The van der Waals surface area contributed by atoms with E-state index in [0.29, 0.717) is 18.1 Å². The molecule has 0 unspecified atom stereocenters. The first-order valence-electron chi connectivity index (χ1n) is 13.2. The highest BCUT2D eigenvalue weighted by Gasteiger charge is 2.17. The molecule has 4 heterocycles. The van der Waals surface area contributed by atoms with Crippen LogP contribution in [0.15, 0.2) is 104 Å². The summed E-state index contributed by atoms with van der Waals surface area (Å²) in [5.41, 5.74) is 10.1. The van der Waals surface area contributed by atoms with Crippen LogP contribution in [-0.4, -0.2) is 41.2 Å². The number of nitrogens with one attached hydrogen (secondary N) is 3. The molecule has 8 heteroatoms. The van der Waals surface area contributed by atoms with E-state index in [-0.39, 0.29) is 0 Å². The molecule has 0 atom stereocenters. The van der Waals surface area contributed by atoms with Gasteiger partial charge in [0.25, 0.3) is 0 Å². The maximum atomic E-state index is 5.02. The molecule has 0 aliphatic rings. The topological polar surface area (TPSA) is 100 Å². The van der Waals surface area contributed by atoms with Gasteiger partial charge < -0.3 is 14.9 Å². The van der Waals surface area contributed by atoms with Crippen molar-refractivity contribution >= 4 is 27.6 Å². The van der Waals surface area contributed by atoms with Gasteiger partial charge in [-0.1, -0.05) is 55.1 Å². The van der Waals surface area contributed by atoms with Crippen LogP contribution in [0.3, 0.4) is 0 Å². The lowest BCUT2D eigenvalue weighted by atomic mass is 10.1. The molecular weight excluding hydrogens is 496 g/mol. The number of para-hydroxylation sites is 1. The number of nitrogens with zero attached hydrogens (tertiary/aromatic N) is 5. The maximum Gasteiger partial charge on any atom is 0.161 e. The molecule has 0 bridgehead atoms. The Morgan fingerprint density at radius 1 is 1.00 bits per heavy atom. The van der Waals surface area contributed by atoms with Crippen LogP contribution < -0.4 is 5.32 Å². The van der Waals surface area contributed by atoms with E-state index in [0.717, 1.165) is 56.8 Å². The first kappa shape index (κ1) is 25.2. The molecule has 0 aliphatic heterocycles. The van der Waals surface area contributed by atoms with Crippen LogP contribution in [0.5, 0.6) is 0 Å². The predicted molar refractivity (Wildman–Crippen MR) is 161 cm³/mol.